The number of nitrogen functional groups attached to an aromatic ring is 1. The molecule has 9 heteroatoms. The second-order valence-corrected chi connectivity index (χ2v) is 9.16. The third-order valence-corrected chi connectivity index (χ3v) is 6.94. The molecule has 32 heavy (non-hydrogen) atoms. The zero-order valence-electron chi connectivity index (χ0n) is 19.9. The standard InChI is InChI=1S/C23H40N8O/c1-3-4-11-25-22-27-20(24)19-21(28-22)31(23(26-19)32-2)13-8-12-29-14-16-30(17-15-29)18-9-6-5-7-10-18/h18H,3-17H2,1-2H3,(H3,24,25,27,28). The number of unbranched alkanes of at least 4 members (excludes halogenated alkanes) is 1. The Hall–Kier alpha value is -2.13. The number of aromatic nitrogens is 4. The molecule has 4 rings (SSSR count). The normalized spacial score (nSPS) is 18.9. The van der Waals surface area contributed by atoms with E-state index in [1.165, 1.54) is 58.3 Å². The highest BCUT2D eigenvalue weighted by atomic mass is 16.5. The summed E-state index contributed by atoms with van der Waals surface area (Å²) in [4.78, 5) is 18.9. The molecule has 1 saturated carbocycles. The van der Waals surface area contributed by atoms with Crippen LogP contribution in [0.3, 0.4) is 0 Å². The van der Waals surface area contributed by atoms with Crippen molar-refractivity contribution in [2.24, 2.45) is 0 Å². The number of rotatable bonds is 10. The van der Waals surface area contributed by atoms with E-state index in [0.717, 1.165) is 50.6 Å². The molecule has 0 aromatic carbocycles. The summed E-state index contributed by atoms with van der Waals surface area (Å²) in [5, 5.41) is 3.27. The van der Waals surface area contributed by atoms with Crippen LogP contribution in [0.4, 0.5) is 11.8 Å². The number of hydrogen-bond acceptors (Lipinski definition) is 8. The van der Waals surface area contributed by atoms with E-state index in [1.54, 1.807) is 7.11 Å². The average Bonchev–Trinajstić information content (AvgIpc) is 3.18. The van der Waals surface area contributed by atoms with Crippen LogP contribution in [-0.4, -0.2) is 81.7 Å². The number of methoxy groups -OCH3 is 1. The highest BCUT2D eigenvalue weighted by molar-refractivity contribution is 5.84. The molecule has 2 aromatic rings. The molecular weight excluding hydrogens is 404 g/mol. The van der Waals surface area contributed by atoms with Gasteiger partial charge in [-0.05, 0) is 32.2 Å². The fourth-order valence-corrected chi connectivity index (χ4v) is 5.07. The largest absolute Gasteiger partial charge is 0.468 e. The van der Waals surface area contributed by atoms with E-state index >= 15 is 0 Å². The van der Waals surface area contributed by atoms with E-state index in [0.29, 0.717) is 23.3 Å². The van der Waals surface area contributed by atoms with Gasteiger partial charge >= 0.3 is 0 Å². The van der Waals surface area contributed by atoms with Crippen molar-refractivity contribution >= 4 is 22.9 Å². The van der Waals surface area contributed by atoms with E-state index in [4.69, 9.17) is 15.5 Å². The first kappa shape index (κ1) is 23.0. The lowest BCUT2D eigenvalue weighted by molar-refractivity contribution is 0.0778. The molecule has 2 fully saturated rings. The molecule has 178 valence electrons. The summed E-state index contributed by atoms with van der Waals surface area (Å²) in [6.07, 6.45) is 10.2. The maximum atomic E-state index is 6.18. The predicted molar refractivity (Wildman–Crippen MR) is 129 cm³/mol. The maximum absolute atomic E-state index is 6.18. The molecule has 1 aliphatic carbocycles. The maximum Gasteiger partial charge on any atom is 0.298 e. The van der Waals surface area contributed by atoms with Gasteiger partial charge in [-0.15, -0.1) is 0 Å². The first-order chi connectivity index (χ1) is 15.7. The van der Waals surface area contributed by atoms with Crippen LogP contribution in [0.2, 0.25) is 0 Å². The number of fused-ring (bicyclic) bond motifs is 1. The fraction of sp³-hybridized carbons (Fsp3) is 0.783. The van der Waals surface area contributed by atoms with Crippen molar-refractivity contribution in [3.63, 3.8) is 0 Å². The van der Waals surface area contributed by atoms with Crippen LogP contribution in [0, 0.1) is 0 Å². The molecule has 1 aliphatic heterocycles. The zero-order chi connectivity index (χ0) is 22.3. The Labute approximate surface area is 191 Å². The Morgan fingerprint density at radius 3 is 2.50 bits per heavy atom. The van der Waals surface area contributed by atoms with Gasteiger partial charge in [0, 0.05) is 45.3 Å². The number of piperazine rings is 1. The topological polar surface area (TPSA) is 97.4 Å². The van der Waals surface area contributed by atoms with Crippen molar-refractivity contribution in [2.45, 2.75) is 70.9 Å². The van der Waals surface area contributed by atoms with E-state index in [2.05, 4.69) is 32.0 Å². The first-order valence-corrected chi connectivity index (χ1v) is 12.5. The average molecular weight is 445 g/mol. The Morgan fingerprint density at radius 2 is 1.78 bits per heavy atom. The minimum atomic E-state index is 0.393. The molecular formula is C23H40N8O. The molecule has 0 radical (unpaired) electrons. The molecule has 3 N–H and O–H groups in total. The van der Waals surface area contributed by atoms with Crippen molar-refractivity contribution in [1.29, 1.82) is 0 Å². The number of aryl methyl sites for hydroxylation is 1. The van der Waals surface area contributed by atoms with Gasteiger partial charge in [0.1, 0.15) is 0 Å². The van der Waals surface area contributed by atoms with Gasteiger partial charge in [-0.25, -0.2) is 0 Å². The van der Waals surface area contributed by atoms with Gasteiger partial charge in [-0.3, -0.25) is 9.47 Å². The number of anilines is 2. The number of nitrogens with one attached hydrogen (secondary N) is 1. The molecule has 2 aliphatic rings. The quantitative estimate of drug-likeness (QED) is 0.540. The molecule has 3 heterocycles. The lowest BCUT2D eigenvalue weighted by Crippen LogP contribution is -2.50. The van der Waals surface area contributed by atoms with Crippen molar-refractivity contribution in [3.8, 4) is 6.01 Å². The van der Waals surface area contributed by atoms with Gasteiger partial charge in [0.25, 0.3) is 6.01 Å². The third-order valence-electron chi connectivity index (χ3n) is 6.94. The number of nitrogens with zero attached hydrogens (tertiary/aromatic N) is 6. The van der Waals surface area contributed by atoms with Crippen LogP contribution in [0.5, 0.6) is 6.01 Å². The van der Waals surface area contributed by atoms with Gasteiger partial charge in [0.15, 0.2) is 17.0 Å². The van der Waals surface area contributed by atoms with Crippen molar-refractivity contribution < 1.29 is 4.74 Å². The SMILES string of the molecule is CCCCNc1nc(N)c2nc(OC)n(CCCN3CCN(C4CCCCC4)CC3)c2n1. The molecule has 2 aromatic heterocycles. The Kier molecular flexibility index (Phi) is 8.02. The Bertz CT molecular complexity index is 855. The summed E-state index contributed by atoms with van der Waals surface area (Å²) >= 11 is 0. The molecule has 9 nitrogen and oxygen atoms in total. The summed E-state index contributed by atoms with van der Waals surface area (Å²) in [6, 6.07) is 1.38. The van der Waals surface area contributed by atoms with Crippen molar-refractivity contribution in [3.05, 3.63) is 0 Å². The molecule has 0 bridgehead atoms. The number of imidazole rings is 1. The highest BCUT2D eigenvalue weighted by Gasteiger charge is 2.25. The van der Waals surface area contributed by atoms with E-state index in [9.17, 15) is 0 Å². The lowest BCUT2D eigenvalue weighted by Gasteiger charge is -2.40. The fourth-order valence-electron chi connectivity index (χ4n) is 5.07. The van der Waals surface area contributed by atoms with Crippen LogP contribution in [-0.2, 0) is 6.54 Å². The van der Waals surface area contributed by atoms with Gasteiger partial charge in [0.05, 0.1) is 7.11 Å². The van der Waals surface area contributed by atoms with Crippen LogP contribution < -0.4 is 15.8 Å². The van der Waals surface area contributed by atoms with Crippen molar-refractivity contribution in [1.82, 2.24) is 29.3 Å². The van der Waals surface area contributed by atoms with E-state index in [1.807, 2.05) is 4.57 Å². The minimum absolute atomic E-state index is 0.393. The molecule has 0 atom stereocenters. The lowest BCUT2D eigenvalue weighted by atomic mass is 9.94. The van der Waals surface area contributed by atoms with Crippen LogP contribution in [0.25, 0.3) is 11.2 Å². The van der Waals surface area contributed by atoms with Crippen LogP contribution >= 0.6 is 0 Å². The summed E-state index contributed by atoms with van der Waals surface area (Å²) < 4.78 is 7.57. The van der Waals surface area contributed by atoms with E-state index < -0.39 is 0 Å². The van der Waals surface area contributed by atoms with Gasteiger partial charge in [-0.1, -0.05) is 32.6 Å². The van der Waals surface area contributed by atoms with Gasteiger partial charge in [0.2, 0.25) is 5.95 Å². The third kappa shape index (κ3) is 5.43. The zero-order valence-corrected chi connectivity index (χ0v) is 19.9. The Morgan fingerprint density at radius 1 is 1.00 bits per heavy atom. The predicted octanol–water partition coefficient (Wildman–Crippen LogP) is 2.97. The van der Waals surface area contributed by atoms with Crippen LogP contribution in [0.15, 0.2) is 0 Å². The van der Waals surface area contributed by atoms with Crippen LogP contribution in [0.1, 0.15) is 58.3 Å². The smallest absolute Gasteiger partial charge is 0.298 e. The number of hydrogen-bond donors (Lipinski definition) is 2. The highest BCUT2D eigenvalue weighted by Crippen LogP contribution is 2.26. The molecule has 0 amide bonds. The summed E-state index contributed by atoms with van der Waals surface area (Å²) in [5.74, 6) is 0.955. The van der Waals surface area contributed by atoms with Crippen molar-refractivity contribution in [2.75, 3.05) is 57.4 Å². The summed E-state index contributed by atoms with van der Waals surface area (Å²) in [7, 11) is 1.65. The Balaban J connectivity index is 1.34. The minimum Gasteiger partial charge on any atom is -0.468 e. The van der Waals surface area contributed by atoms with Gasteiger partial charge in [-0.2, -0.15) is 15.0 Å². The summed E-state index contributed by atoms with van der Waals surface area (Å²) in [6.45, 7) is 9.61. The van der Waals surface area contributed by atoms with Gasteiger partial charge < -0.3 is 20.7 Å². The first-order valence-electron chi connectivity index (χ1n) is 12.5. The molecule has 0 spiro atoms. The number of nitrogens with two attached hydrogens (primary N) is 1. The number of ether oxygens (including phenoxy) is 1. The summed E-state index contributed by atoms with van der Waals surface area (Å²) in [5.41, 5.74) is 7.54. The second-order valence-electron chi connectivity index (χ2n) is 9.16. The van der Waals surface area contributed by atoms with E-state index in [-0.39, 0.29) is 0 Å². The molecule has 1 saturated heterocycles. The second kappa shape index (κ2) is 11.1. The molecule has 0 unspecified atom stereocenters. The monoisotopic (exact) mass is 444 g/mol.